The Morgan fingerprint density at radius 3 is 1.87 bits per heavy atom. The Labute approximate surface area is 95.9 Å². The first-order valence-corrected chi connectivity index (χ1v) is 6.05. The van der Waals surface area contributed by atoms with Gasteiger partial charge in [0.1, 0.15) is 0 Å². The predicted molar refractivity (Wildman–Crippen MR) is 66.4 cm³/mol. The van der Waals surface area contributed by atoms with Gasteiger partial charge in [0.05, 0.1) is 11.5 Å². The van der Waals surface area contributed by atoms with Crippen LogP contribution in [0.4, 0.5) is 0 Å². The van der Waals surface area contributed by atoms with Crippen LogP contribution in [-0.4, -0.2) is 0 Å². The van der Waals surface area contributed by atoms with Crippen LogP contribution in [0.5, 0.6) is 0 Å². The summed E-state index contributed by atoms with van der Waals surface area (Å²) in [6, 6.07) is 2.43. The van der Waals surface area contributed by atoms with E-state index in [4.69, 9.17) is 5.26 Å². The zero-order chi connectivity index (χ0) is 12.3. The van der Waals surface area contributed by atoms with Crippen molar-refractivity contribution in [2.75, 3.05) is 0 Å². The summed E-state index contributed by atoms with van der Waals surface area (Å²) < 4.78 is 0. The Morgan fingerprint density at radius 2 is 1.53 bits per heavy atom. The van der Waals surface area contributed by atoms with Gasteiger partial charge in [-0.1, -0.05) is 34.6 Å². The number of rotatable bonds is 5. The minimum absolute atomic E-state index is 0.102. The molecule has 1 atom stereocenters. The Morgan fingerprint density at radius 1 is 1.07 bits per heavy atom. The lowest BCUT2D eigenvalue weighted by Gasteiger charge is -2.37. The molecule has 88 valence electrons. The first kappa shape index (κ1) is 14.5. The highest BCUT2D eigenvalue weighted by atomic mass is 14.4. The van der Waals surface area contributed by atoms with Gasteiger partial charge >= 0.3 is 0 Å². The Bertz CT molecular complexity index is 230. The topological polar surface area (TPSA) is 23.8 Å². The van der Waals surface area contributed by atoms with Crippen LogP contribution in [0.25, 0.3) is 0 Å². The largest absolute Gasteiger partial charge is 0.198 e. The van der Waals surface area contributed by atoms with Crippen molar-refractivity contribution < 1.29 is 0 Å². The monoisotopic (exact) mass is 209 g/mol. The molecule has 15 heavy (non-hydrogen) atoms. The molecular formula is C14H27N. The first-order chi connectivity index (χ1) is 6.64. The molecule has 1 unspecified atom stereocenters. The highest BCUT2D eigenvalue weighted by Gasteiger charge is 2.36. The van der Waals surface area contributed by atoms with Crippen molar-refractivity contribution >= 4 is 0 Å². The van der Waals surface area contributed by atoms with Crippen molar-refractivity contribution in [1.82, 2.24) is 0 Å². The van der Waals surface area contributed by atoms with Gasteiger partial charge < -0.3 is 0 Å². The fourth-order valence-electron chi connectivity index (χ4n) is 1.39. The summed E-state index contributed by atoms with van der Waals surface area (Å²) in [5.74, 6) is 1.49. The minimum Gasteiger partial charge on any atom is -0.198 e. The first-order valence-electron chi connectivity index (χ1n) is 6.05. The highest BCUT2D eigenvalue weighted by Crippen LogP contribution is 2.42. The normalized spacial score (nSPS) is 15.1. The van der Waals surface area contributed by atoms with Gasteiger partial charge in [-0.25, -0.2) is 0 Å². The zero-order valence-electron chi connectivity index (χ0n) is 11.5. The average molecular weight is 209 g/mol. The van der Waals surface area contributed by atoms with E-state index in [1.807, 2.05) is 13.8 Å². The maximum Gasteiger partial charge on any atom is 0.0689 e. The molecular weight excluding hydrogens is 182 g/mol. The molecule has 0 aliphatic heterocycles. The fraction of sp³-hybridized carbons (Fsp3) is 0.929. The van der Waals surface area contributed by atoms with E-state index >= 15 is 0 Å². The molecule has 0 aliphatic carbocycles. The van der Waals surface area contributed by atoms with Crippen LogP contribution in [0, 0.1) is 34.0 Å². The minimum atomic E-state index is -0.232. The Kier molecular flexibility index (Phi) is 4.84. The molecule has 0 aliphatic rings. The standard InChI is InChI=1S/C14H27N/c1-11(2)12(3)8-9-13(4,5)14(6,7)10-15/h11-12H,8-9H2,1-7H3. The third-order valence-corrected chi connectivity index (χ3v) is 4.33. The zero-order valence-corrected chi connectivity index (χ0v) is 11.5. The molecule has 1 nitrogen and oxygen atoms in total. The molecule has 0 heterocycles. The van der Waals surface area contributed by atoms with E-state index in [1.54, 1.807) is 0 Å². The molecule has 0 spiro atoms. The molecule has 0 N–H and O–H groups in total. The van der Waals surface area contributed by atoms with Crippen LogP contribution in [0.3, 0.4) is 0 Å². The summed E-state index contributed by atoms with van der Waals surface area (Å²) in [5, 5.41) is 9.15. The van der Waals surface area contributed by atoms with Crippen LogP contribution in [0.1, 0.15) is 61.3 Å². The average Bonchev–Trinajstić information content (AvgIpc) is 2.13. The van der Waals surface area contributed by atoms with E-state index in [0.717, 1.165) is 18.3 Å². The van der Waals surface area contributed by atoms with Gasteiger partial charge in [-0.15, -0.1) is 0 Å². The second-order valence-electron chi connectivity index (χ2n) is 6.38. The van der Waals surface area contributed by atoms with E-state index in [2.05, 4.69) is 40.7 Å². The number of nitrogens with zero attached hydrogens (tertiary/aromatic N) is 1. The van der Waals surface area contributed by atoms with Gasteiger partial charge in [-0.3, -0.25) is 0 Å². The molecule has 0 aromatic rings. The number of hydrogen-bond acceptors (Lipinski definition) is 1. The van der Waals surface area contributed by atoms with Crippen LogP contribution < -0.4 is 0 Å². The van der Waals surface area contributed by atoms with Gasteiger partial charge in [-0.2, -0.15) is 5.26 Å². The van der Waals surface area contributed by atoms with Gasteiger partial charge in [0.25, 0.3) is 0 Å². The molecule has 0 rings (SSSR count). The number of hydrogen-bond donors (Lipinski definition) is 0. The molecule has 0 fully saturated rings. The summed E-state index contributed by atoms with van der Waals surface area (Å²) in [6.07, 6.45) is 2.35. The molecule has 0 radical (unpaired) electrons. The second kappa shape index (κ2) is 5.01. The van der Waals surface area contributed by atoms with Crippen LogP contribution in [0.15, 0.2) is 0 Å². The lowest BCUT2D eigenvalue weighted by atomic mass is 9.65. The third-order valence-electron chi connectivity index (χ3n) is 4.33. The van der Waals surface area contributed by atoms with E-state index < -0.39 is 0 Å². The lowest BCUT2D eigenvalue weighted by Crippen LogP contribution is -2.31. The lowest BCUT2D eigenvalue weighted by molar-refractivity contribution is 0.141. The van der Waals surface area contributed by atoms with Crippen LogP contribution >= 0.6 is 0 Å². The van der Waals surface area contributed by atoms with Crippen molar-refractivity contribution in [3.05, 3.63) is 0 Å². The van der Waals surface area contributed by atoms with Crippen molar-refractivity contribution in [3.63, 3.8) is 0 Å². The summed E-state index contributed by atoms with van der Waals surface area (Å²) in [6.45, 7) is 15.4. The van der Waals surface area contributed by atoms with Gasteiger partial charge in [0.2, 0.25) is 0 Å². The molecule has 1 heteroatoms. The van der Waals surface area contributed by atoms with Crippen molar-refractivity contribution in [1.29, 1.82) is 5.26 Å². The summed E-state index contributed by atoms with van der Waals surface area (Å²) in [4.78, 5) is 0. The maximum absolute atomic E-state index is 9.15. The third kappa shape index (κ3) is 3.86. The van der Waals surface area contributed by atoms with Gasteiger partial charge in [0, 0.05) is 0 Å². The van der Waals surface area contributed by atoms with Crippen LogP contribution in [0.2, 0.25) is 0 Å². The van der Waals surface area contributed by atoms with Crippen molar-refractivity contribution in [2.45, 2.75) is 61.3 Å². The number of nitriles is 1. The quantitative estimate of drug-likeness (QED) is 0.647. The molecule has 0 saturated carbocycles. The smallest absolute Gasteiger partial charge is 0.0689 e. The Balaban J connectivity index is 4.35. The SMILES string of the molecule is CC(C)C(C)CCC(C)(C)C(C)(C)C#N. The molecule has 0 saturated heterocycles. The second-order valence-corrected chi connectivity index (χ2v) is 6.38. The van der Waals surface area contributed by atoms with E-state index in [1.165, 1.54) is 6.42 Å². The summed E-state index contributed by atoms with van der Waals surface area (Å²) in [5.41, 5.74) is -0.130. The predicted octanol–water partition coefficient (Wildman–Crippen LogP) is 4.63. The summed E-state index contributed by atoms with van der Waals surface area (Å²) in [7, 11) is 0. The van der Waals surface area contributed by atoms with E-state index in [0.29, 0.717) is 0 Å². The molecule has 0 bridgehead atoms. The fourth-order valence-corrected chi connectivity index (χ4v) is 1.39. The summed E-state index contributed by atoms with van der Waals surface area (Å²) >= 11 is 0. The van der Waals surface area contributed by atoms with E-state index in [9.17, 15) is 0 Å². The molecule has 0 amide bonds. The van der Waals surface area contributed by atoms with Crippen molar-refractivity contribution in [3.8, 4) is 6.07 Å². The van der Waals surface area contributed by atoms with Crippen molar-refractivity contribution in [2.24, 2.45) is 22.7 Å². The Hall–Kier alpha value is -0.510. The van der Waals surface area contributed by atoms with E-state index in [-0.39, 0.29) is 10.8 Å². The van der Waals surface area contributed by atoms with Gasteiger partial charge in [0.15, 0.2) is 0 Å². The maximum atomic E-state index is 9.15. The molecule has 0 aromatic heterocycles. The van der Waals surface area contributed by atoms with Crippen LogP contribution in [-0.2, 0) is 0 Å². The molecule has 0 aromatic carbocycles. The van der Waals surface area contributed by atoms with Gasteiger partial charge in [-0.05, 0) is 43.9 Å². The highest BCUT2D eigenvalue weighted by molar-refractivity contribution is 5.01.